The van der Waals surface area contributed by atoms with Crippen molar-refractivity contribution < 1.29 is 14.3 Å². The van der Waals surface area contributed by atoms with E-state index in [4.69, 9.17) is 9.47 Å². The van der Waals surface area contributed by atoms with Gasteiger partial charge in [0.25, 0.3) is 0 Å². The molecule has 2 heterocycles. The summed E-state index contributed by atoms with van der Waals surface area (Å²) in [5.41, 5.74) is 5.36. The minimum absolute atomic E-state index is 0.00713. The van der Waals surface area contributed by atoms with Gasteiger partial charge in [0.15, 0.2) is 0 Å². The van der Waals surface area contributed by atoms with E-state index in [2.05, 4.69) is 69.6 Å². The van der Waals surface area contributed by atoms with E-state index in [1.165, 1.54) is 5.56 Å². The Morgan fingerprint density at radius 1 is 0.818 bits per heavy atom. The zero-order chi connectivity index (χ0) is 30.1. The lowest BCUT2D eigenvalue weighted by molar-refractivity contribution is -0.121. The molecular formula is C38H35N3O3. The maximum absolute atomic E-state index is 13.5. The third-order valence-electron chi connectivity index (χ3n) is 7.77. The SMILES string of the molecule is COc1ccc(Cn2cc([C@H](CC(=O)NCCc3ccccn3)c3cccc(Oc4ccccc4)c3)c3ccccc32)cc1. The van der Waals surface area contributed by atoms with Crippen LogP contribution in [0, 0.1) is 0 Å². The molecule has 0 spiro atoms. The number of pyridine rings is 1. The van der Waals surface area contributed by atoms with E-state index < -0.39 is 0 Å². The topological polar surface area (TPSA) is 65.4 Å². The number of hydrogen-bond acceptors (Lipinski definition) is 4. The molecule has 0 saturated heterocycles. The summed E-state index contributed by atoms with van der Waals surface area (Å²) in [5.74, 6) is 2.14. The first-order chi connectivity index (χ1) is 21.7. The van der Waals surface area contributed by atoms with Gasteiger partial charge < -0.3 is 19.4 Å². The van der Waals surface area contributed by atoms with Gasteiger partial charge in [-0.05, 0) is 71.3 Å². The van der Waals surface area contributed by atoms with E-state index in [-0.39, 0.29) is 11.8 Å². The van der Waals surface area contributed by atoms with E-state index in [0.717, 1.165) is 45.0 Å². The van der Waals surface area contributed by atoms with Crippen molar-refractivity contribution in [1.82, 2.24) is 14.9 Å². The molecule has 0 bridgehead atoms. The van der Waals surface area contributed by atoms with Gasteiger partial charge in [-0.15, -0.1) is 0 Å². The first kappa shape index (κ1) is 28.7. The molecule has 4 aromatic carbocycles. The number of methoxy groups -OCH3 is 1. The van der Waals surface area contributed by atoms with Gasteiger partial charge >= 0.3 is 0 Å². The Hall–Kier alpha value is -5.36. The second-order valence-electron chi connectivity index (χ2n) is 10.7. The molecule has 6 rings (SSSR count). The molecule has 0 fully saturated rings. The summed E-state index contributed by atoms with van der Waals surface area (Å²) in [6.45, 7) is 1.23. The molecule has 1 amide bonds. The molecule has 6 nitrogen and oxygen atoms in total. The minimum Gasteiger partial charge on any atom is -0.497 e. The van der Waals surface area contributed by atoms with Crippen LogP contribution in [0.15, 0.2) is 134 Å². The first-order valence-electron chi connectivity index (χ1n) is 14.9. The molecule has 0 unspecified atom stereocenters. The van der Waals surface area contributed by atoms with Gasteiger partial charge in [-0.25, -0.2) is 0 Å². The molecule has 6 heteroatoms. The van der Waals surface area contributed by atoms with Gasteiger partial charge in [-0.3, -0.25) is 9.78 Å². The maximum atomic E-state index is 13.5. The van der Waals surface area contributed by atoms with Crippen LogP contribution in [0.1, 0.15) is 34.7 Å². The molecular weight excluding hydrogens is 546 g/mol. The van der Waals surface area contributed by atoms with Crippen molar-refractivity contribution in [3.63, 3.8) is 0 Å². The molecule has 0 aliphatic rings. The number of rotatable bonds is 12. The number of para-hydroxylation sites is 2. The fourth-order valence-corrected chi connectivity index (χ4v) is 5.57. The van der Waals surface area contributed by atoms with Gasteiger partial charge in [0, 0.05) is 60.8 Å². The number of nitrogens with zero attached hydrogens (tertiary/aromatic N) is 2. The highest BCUT2D eigenvalue weighted by molar-refractivity contribution is 5.87. The molecule has 1 N–H and O–H groups in total. The Morgan fingerprint density at radius 2 is 1.59 bits per heavy atom. The van der Waals surface area contributed by atoms with Crippen molar-refractivity contribution in [3.8, 4) is 17.2 Å². The predicted molar refractivity (Wildman–Crippen MR) is 174 cm³/mol. The second-order valence-corrected chi connectivity index (χ2v) is 10.7. The average Bonchev–Trinajstić information content (AvgIpc) is 3.43. The van der Waals surface area contributed by atoms with Crippen molar-refractivity contribution in [2.24, 2.45) is 0 Å². The summed E-state index contributed by atoms with van der Waals surface area (Å²) < 4.78 is 13.8. The van der Waals surface area contributed by atoms with Crippen LogP contribution in [0.4, 0.5) is 0 Å². The predicted octanol–water partition coefficient (Wildman–Crippen LogP) is 7.77. The fourth-order valence-electron chi connectivity index (χ4n) is 5.57. The molecule has 220 valence electrons. The number of hydrogen-bond donors (Lipinski definition) is 1. The highest BCUT2D eigenvalue weighted by Crippen LogP contribution is 2.37. The molecule has 44 heavy (non-hydrogen) atoms. The van der Waals surface area contributed by atoms with Crippen molar-refractivity contribution in [2.75, 3.05) is 13.7 Å². The number of benzene rings is 4. The summed E-state index contributed by atoms with van der Waals surface area (Å²) >= 11 is 0. The monoisotopic (exact) mass is 581 g/mol. The first-order valence-corrected chi connectivity index (χ1v) is 14.9. The summed E-state index contributed by atoms with van der Waals surface area (Å²) in [6.07, 6.45) is 4.96. The summed E-state index contributed by atoms with van der Waals surface area (Å²) in [4.78, 5) is 17.9. The van der Waals surface area contributed by atoms with Crippen LogP contribution < -0.4 is 14.8 Å². The van der Waals surface area contributed by atoms with E-state index in [9.17, 15) is 4.79 Å². The number of aromatic nitrogens is 2. The molecule has 2 aromatic heterocycles. The second kappa shape index (κ2) is 13.7. The van der Waals surface area contributed by atoms with Crippen LogP contribution in [0.5, 0.6) is 17.2 Å². The number of nitrogens with one attached hydrogen (secondary N) is 1. The molecule has 6 aromatic rings. The van der Waals surface area contributed by atoms with Crippen molar-refractivity contribution in [2.45, 2.75) is 25.3 Å². The van der Waals surface area contributed by atoms with Gasteiger partial charge in [-0.2, -0.15) is 0 Å². The average molecular weight is 582 g/mol. The summed E-state index contributed by atoms with van der Waals surface area (Å²) in [6, 6.07) is 40.2. The lowest BCUT2D eigenvalue weighted by Gasteiger charge is -2.18. The van der Waals surface area contributed by atoms with Crippen LogP contribution in [0.25, 0.3) is 10.9 Å². The van der Waals surface area contributed by atoms with E-state index >= 15 is 0 Å². The Balaban J connectivity index is 1.32. The number of carbonyl (C=O) groups excluding carboxylic acids is 1. The van der Waals surface area contributed by atoms with Gasteiger partial charge in [0.2, 0.25) is 5.91 Å². The number of fused-ring (bicyclic) bond motifs is 1. The Labute approximate surface area is 257 Å². The van der Waals surface area contributed by atoms with E-state index in [1.54, 1.807) is 13.3 Å². The Bertz CT molecular complexity index is 1820. The van der Waals surface area contributed by atoms with Gasteiger partial charge in [-0.1, -0.05) is 66.7 Å². The molecule has 1 atom stereocenters. The zero-order valence-corrected chi connectivity index (χ0v) is 24.7. The smallest absolute Gasteiger partial charge is 0.220 e. The number of ether oxygens (including phenoxy) is 2. The Kier molecular flexibility index (Phi) is 8.98. The number of carbonyl (C=O) groups is 1. The fraction of sp³-hybridized carbons (Fsp3) is 0.158. The van der Waals surface area contributed by atoms with Crippen molar-refractivity contribution in [3.05, 3.63) is 156 Å². The molecule has 0 aliphatic carbocycles. The summed E-state index contributed by atoms with van der Waals surface area (Å²) in [5, 5.41) is 4.26. The number of amides is 1. The summed E-state index contributed by atoms with van der Waals surface area (Å²) in [7, 11) is 1.68. The lowest BCUT2D eigenvalue weighted by Crippen LogP contribution is -2.27. The van der Waals surface area contributed by atoms with Crippen LogP contribution in [0.3, 0.4) is 0 Å². The molecule has 0 aliphatic heterocycles. The standard InChI is InChI=1S/C38H35N3O3/c1-43-31-19-17-28(18-20-31)26-41-27-36(34-15-5-6-16-37(34)41)35(25-38(42)40-23-21-30-11-7-8-22-39-30)29-10-9-14-33(24-29)44-32-12-3-2-4-13-32/h2-20,22,24,27,35H,21,23,25-26H2,1H3,(H,40,42)/t35-/m1/s1. The maximum Gasteiger partial charge on any atom is 0.220 e. The van der Waals surface area contributed by atoms with E-state index in [0.29, 0.717) is 25.9 Å². The van der Waals surface area contributed by atoms with Crippen LogP contribution in [-0.2, 0) is 17.8 Å². The van der Waals surface area contributed by atoms with Gasteiger partial charge in [0.05, 0.1) is 7.11 Å². The normalized spacial score (nSPS) is 11.7. The Morgan fingerprint density at radius 3 is 2.39 bits per heavy atom. The van der Waals surface area contributed by atoms with Crippen molar-refractivity contribution in [1.29, 1.82) is 0 Å². The van der Waals surface area contributed by atoms with E-state index in [1.807, 2.05) is 72.8 Å². The highest BCUT2D eigenvalue weighted by Gasteiger charge is 2.23. The molecule has 0 saturated carbocycles. The van der Waals surface area contributed by atoms with Crippen LogP contribution >= 0.6 is 0 Å². The molecule has 0 radical (unpaired) electrons. The largest absolute Gasteiger partial charge is 0.497 e. The van der Waals surface area contributed by atoms with Crippen molar-refractivity contribution >= 4 is 16.8 Å². The lowest BCUT2D eigenvalue weighted by atomic mass is 9.88. The minimum atomic E-state index is -0.189. The quantitative estimate of drug-likeness (QED) is 0.160. The third-order valence-corrected chi connectivity index (χ3v) is 7.77. The van der Waals surface area contributed by atoms with Crippen LogP contribution in [0.2, 0.25) is 0 Å². The van der Waals surface area contributed by atoms with Crippen LogP contribution in [-0.4, -0.2) is 29.1 Å². The third kappa shape index (κ3) is 6.98. The van der Waals surface area contributed by atoms with Gasteiger partial charge in [0.1, 0.15) is 17.2 Å². The zero-order valence-electron chi connectivity index (χ0n) is 24.7. The highest BCUT2D eigenvalue weighted by atomic mass is 16.5.